The van der Waals surface area contributed by atoms with Crippen molar-refractivity contribution in [2.75, 3.05) is 7.11 Å². The smallest absolute Gasteiger partial charge is 0.288 e. The summed E-state index contributed by atoms with van der Waals surface area (Å²) in [5.74, 6) is -0.0281. The largest absolute Gasteiger partial charge is 0.494 e. The van der Waals surface area contributed by atoms with Crippen LogP contribution in [0.3, 0.4) is 0 Å². The molecule has 0 saturated heterocycles. The molecule has 1 aromatic carbocycles. The van der Waals surface area contributed by atoms with Crippen molar-refractivity contribution in [2.45, 2.75) is 4.90 Å². The van der Waals surface area contributed by atoms with E-state index in [2.05, 4.69) is 10.1 Å². The Balaban J connectivity index is 2.70. The fourth-order valence-corrected chi connectivity index (χ4v) is 2.98. The van der Waals surface area contributed by atoms with E-state index in [4.69, 9.17) is 27.9 Å². The summed E-state index contributed by atoms with van der Waals surface area (Å²) in [7, 11) is -2.60. The normalized spacial score (nSPS) is 11.5. The van der Waals surface area contributed by atoms with Crippen LogP contribution in [0.4, 0.5) is 0 Å². The average molecular weight is 308 g/mol. The summed E-state index contributed by atoms with van der Waals surface area (Å²) in [6.45, 7) is 0. The standard InChI is InChI=1S/C9H7Cl2N3O3S/c1-17-9-7(3-2-6(10)8(9)11)18(15,16)14-5-12-4-13-14/h2-5H,1H3. The van der Waals surface area contributed by atoms with Crippen molar-refractivity contribution in [3.8, 4) is 5.75 Å². The van der Waals surface area contributed by atoms with E-state index >= 15 is 0 Å². The van der Waals surface area contributed by atoms with Crippen LogP contribution in [-0.4, -0.2) is 29.7 Å². The number of aromatic nitrogens is 3. The number of methoxy groups -OCH3 is 1. The van der Waals surface area contributed by atoms with E-state index in [9.17, 15) is 8.42 Å². The quantitative estimate of drug-likeness (QED) is 0.865. The van der Waals surface area contributed by atoms with Gasteiger partial charge < -0.3 is 4.74 Å². The highest BCUT2D eigenvalue weighted by atomic mass is 35.5. The second kappa shape index (κ2) is 4.75. The van der Waals surface area contributed by atoms with Gasteiger partial charge in [0.1, 0.15) is 22.6 Å². The van der Waals surface area contributed by atoms with E-state index in [1.807, 2.05) is 0 Å². The maximum Gasteiger partial charge on any atom is 0.288 e. The van der Waals surface area contributed by atoms with Gasteiger partial charge in [-0.2, -0.15) is 8.42 Å². The zero-order chi connectivity index (χ0) is 13.3. The SMILES string of the molecule is COc1c(S(=O)(=O)n2cncn2)ccc(Cl)c1Cl. The molecule has 2 rings (SSSR count). The fraction of sp³-hybridized carbons (Fsp3) is 0.111. The van der Waals surface area contributed by atoms with E-state index in [-0.39, 0.29) is 20.7 Å². The molecule has 96 valence electrons. The van der Waals surface area contributed by atoms with Crippen molar-refractivity contribution in [3.05, 3.63) is 34.8 Å². The predicted molar refractivity (Wildman–Crippen MR) is 65.6 cm³/mol. The third-order valence-corrected chi connectivity index (χ3v) is 4.49. The first-order valence-corrected chi connectivity index (χ1v) is 6.80. The van der Waals surface area contributed by atoms with Crippen LogP contribution in [-0.2, 0) is 10.0 Å². The number of ether oxygens (including phenoxy) is 1. The Hall–Kier alpha value is -1.31. The lowest BCUT2D eigenvalue weighted by Crippen LogP contribution is -2.14. The summed E-state index contributed by atoms with van der Waals surface area (Å²) in [6, 6.07) is 2.67. The zero-order valence-corrected chi connectivity index (χ0v) is 11.4. The van der Waals surface area contributed by atoms with Crippen LogP contribution in [0.2, 0.25) is 10.0 Å². The molecule has 0 bridgehead atoms. The molecule has 1 heterocycles. The van der Waals surface area contributed by atoms with Gasteiger partial charge in [-0.25, -0.2) is 4.98 Å². The van der Waals surface area contributed by atoms with E-state index in [0.717, 1.165) is 16.7 Å². The molecule has 0 fully saturated rings. The highest BCUT2D eigenvalue weighted by molar-refractivity contribution is 7.90. The summed E-state index contributed by atoms with van der Waals surface area (Å²) in [5.41, 5.74) is 0. The van der Waals surface area contributed by atoms with Crippen molar-refractivity contribution in [1.29, 1.82) is 0 Å². The summed E-state index contributed by atoms with van der Waals surface area (Å²) in [4.78, 5) is 3.45. The van der Waals surface area contributed by atoms with Gasteiger partial charge in [0.05, 0.1) is 12.1 Å². The maximum absolute atomic E-state index is 12.2. The summed E-state index contributed by atoms with van der Waals surface area (Å²) < 4.78 is 30.1. The average Bonchev–Trinajstić information content (AvgIpc) is 2.86. The van der Waals surface area contributed by atoms with Crippen molar-refractivity contribution in [3.63, 3.8) is 0 Å². The van der Waals surface area contributed by atoms with Crippen molar-refractivity contribution >= 4 is 33.2 Å². The highest BCUT2D eigenvalue weighted by Crippen LogP contribution is 2.37. The monoisotopic (exact) mass is 307 g/mol. The Labute approximate surface area is 113 Å². The predicted octanol–water partition coefficient (Wildman–Crippen LogP) is 1.83. The molecule has 9 heteroatoms. The number of benzene rings is 1. The Morgan fingerprint density at radius 3 is 2.61 bits per heavy atom. The summed E-state index contributed by atoms with van der Waals surface area (Å²) in [5, 5.41) is 3.81. The Bertz CT molecular complexity index is 671. The van der Waals surface area contributed by atoms with Gasteiger partial charge in [0.25, 0.3) is 10.0 Å². The van der Waals surface area contributed by atoms with Crippen LogP contribution in [0.25, 0.3) is 0 Å². The molecule has 0 aliphatic rings. The zero-order valence-electron chi connectivity index (χ0n) is 9.04. The minimum Gasteiger partial charge on any atom is -0.494 e. The molecule has 0 N–H and O–H groups in total. The molecule has 0 radical (unpaired) electrons. The molecule has 0 spiro atoms. The van der Waals surface area contributed by atoms with Crippen LogP contribution >= 0.6 is 23.2 Å². The van der Waals surface area contributed by atoms with Crippen molar-refractivity contribution in [2.24, 2.45) is 0 Å². The van der Waals surface area contributed by atoms with E-state index in [1.165, 1.54) is 19.2 Å². The van der Waals surface area contributed by atoms with Gasteiger partial charge in [0, 0.05) is 0 Å². The molecule has 1 aromatic heterocycles. The second-order valence-electron chi connectivity index (χ2n) is 3.17. The number of hydrogen-bond acceptors (Lipinski definition) is 5. The molecule has 6 nitrogen and oxygen atoms in total. The highest BCUT2D eigenvalue weighted by Gasteiger charge is 2.25. The van der Waals surface area contributed by atoms with Gasteiger partial charge in [-0.1, -0.05) is 23.2 Å². The van der Waals surface area contributed by atoms with Gasteiger partial charge in [0.15, 0.2) is 5.75 Å². The molecular formula is C9H7Cl2N3O3S. The first-order chi connectivity index (χ1) is 8.48. The fourth-order valence-electron chi connectivity index (χ4n) is 1.33. The molecule has 18 heavy (non-hydrogen) atoms. The van der Waals surface area contributed by atoms with E-state index in [0.29, 0.717) is 0 Å². The Morgan fingerprint density at radius 2 is 2.06 bits per heavy atom. The summed E-state index contributed by atoms with van der Waals surface area (Å²) >= 11 is 11.7. The van der Waals surface area contributed by atoms with Gasteiger partial charge in [0.2, 0.25) is 0 Å². The topological polar surface area (TPSA) is 74.1 Å². The third kappa shape index (κ3) is 2.05. The Morgan fingerprint density at radius 1 is 1.33 bits per heavy atom. The molecule has 0 aliphatic heterocycles. The number of hydrogen-bond donors (Lipinski definition) is 0. The number of rotatable bonds is 3. The molecule has 0 saturated carbocycles. The van der Waals surface area contributed by atoms with Crippen LogP contribution in [0.5, 0.6) is 5.75 Å². The lowest BCUT2D eigenvalue weighted by atomic mass is 10.3. The van der Waals surface area contributed by atoms with Crippen LogP contribution in [0, 0.1) is 0 Å². The van der Waals surface area contributed by atoms with Gasteiger partial charge in [-0.05, 0) is 12.1 Å². The van der Waals surface area contributed by atoms with Crippen molar-refractivity contribution in [1.82, 2.24) is 14.2 Å². The molecular weight excluding hydrogens is 301 g/mol. The van der Waals surface area contributed by atoms with Gasteiger partial charge >= 0.3 is 0 Å². The van der Waals surface area contributed by atoms with Crippen LogP contribution in [0.1, 0.15) is 0 Å². The lowest BCUT2D eigenvalue weighted by Gasteiger charge is -2.11. The minimum absolute atomic E-state index is 0.0281. The van der Waals surface area contributed by atoms with Crippen LogP contribution < -0.4 is 4.74 Å². The molecule has 2 aromatic rings. The Kier molecular flexibility index (Phi) is 3.47. The van der Waals surface area contributed by atoms with Crippen molar-refractivity contribution < 1.29 is 13.2 Å². The lowest BCUT2D eigenvalue weighted by molar-refractivity contribution is 0.402. The minimum atomic E-state index is -3.90. The van der Waals surface area contributed by atoms with Gasteiger partial charge in [-0.15, -0.1) is 9.19 Å². The van der Waals surface area contributed by atoms with E-state index in [1.54, 1.807) is 0 Å². The van der Waals surface area contributed by atoms with E-state index < -0.39 is 10.0 Å². The molecule has 0 amide bonds. The molecule has 0 atom stereocenters. The first-order valence-electron chi connectivity index (χ1n) is 4.60. The molecule has 0 unspecified atom stereocenters. The number of nitrogens with zero attached hydrogens (tertiary/aromatic N) is 3. The summed E-state index contributed by atoms with van der Waals surface area (Å²) in [6.07, 6.45) is 2.18. The number of halogens is 2. The van der Waals surface area contributed by atoms with Crippen LogP contribution in [0.15, 0.2) is 29.7 Å². The second-order valence-corrected chi connectivity index (χ2v) is 5.72. The maximum atomic E-state index is 12.2. The third-order valence-electron chi connectivity index (χ3n) is 2.14. The molecule has 0 aliphatic carbocycles. The first kappa shape index (κ1) is 13.1. The van der Waals surface area contributed by atoms with Gasteiger partial charge in [-0.3, -0.25) is 0 Å².